The van der Waals surface area contributed by atoms with E-state index in [9.17, 15) is 35.1 Å². The smallest absolute Gasteiger partial charge is 0.337 e. The SMILES string of the molecule is COC(=O)[C@H]1O[C@@H](Oc2cc(O)c3c(c2)O[C@H](c2ccc(O)cc2)CC3=O)[C@H](O)[C@@H](O)[C@@H]1O. The molecule has 0 aliphatic carbocycles. The number of phenols is 2. The minimum atomic E-state index is -1.78. The first-order valence-corrected chi connectivity index (χ1v) is 9.99. The molecule has 0 unspecified atom stereocenters. The number of Topliss-reactive ketones (excluding diaryl/α,β-unsaturated/α-hetero) is 1. The highest BCUT2D eigenvalue weighted by Crippen LogP contribution is 2.42. The molecular formula is C22H22O11. The molecule has 1 fully saturated rings. The van der Waals surface area contributed by atoms with Crippen molar-refractivity contribution < 1.29 is 54.1 Å². The van der Waals surface area contributed by atoms with Crippen molar-refractivity contribution in [2.45, 2.75) is 43.2 Å². The molecule has 2 aliphatic rings. The molecule has 6 atom stereocenters. The van der Waals surface area contributed by atoms with E-state index in [-0.39, 0.29) is 35.0 Å². The fraction of sp³-hybridized carbons (Fsp3) is 0.364. The Kier molecular flexibility index (Phi) is 6.13. The zero-order chi connectivity index (χ0) is 23.9. The molecule has 4 rings (SSSR count). The van der Waals surface area contributed by atoms with E-state index in [1.165, 1.54) is 18.2 Å². The third kappa shape index (κ3) is 4.31. The number of aromatic hydroxyl groups is 2. The summed E-state index contributed by atoms with van der Waals surface area (Å²) in [6.07, 6.45) is -9.24. The number of aliphatic hydroxyl groups excluding tert-OH is 3. The molecule has 2 heterocycles. The average Bonchev–Trinajstić information content (AvgIpc) is 2.78. The first-order chi connectivity index (χ1) is 15.7. The van der Waals surface area contributed by atoms with E-state index in [0.29, 0.717) is 5.56 Å². The number of aliphatic hydroxyl groups is 3. The predicted molar refractivity (Wildman–Crippen MR) is 108 cm³/mol. The first-order valence-electron chi connectivity index (χ1n) is 9.99. The van der Waals surface area contributed by atoms with E-state index in [2.05, 4.69) is 4.74 Å². The van der Waals surface area contributed by atoms with Gasteiger partial charge < -0.3 is 44.5 Å². The van der Waals surface area contributed by atoms with Crippen LogP contribution in [0.2, 0.25) is 0 Å². The van der Waals surface area contributed by atoms with Crippen LogP contribution in [0.25, 0.3) is 0 Å². The number of phenolic OH excluding ortho intramolecular Hbond substituents is 2. The lowest BCUT2D eigenvalue weighted by atomic mass is 9.95. The Balaban J connectivity index is 1.59. The summed E-state index contributed by atoms with van der Waals surface area (Å²) in [4.78, 5) is 24.5. The number of carbonyl (C=O) groups is 2. The second-order valence-corrected chi connectivity index (χ2v) is 7.68. The molecule has 176 valence electrons. The van der Waals surface area contributed by atoms with E-state index in [4.69, 9.17) is 14.2 Å². The second kappa shape index (κ2) is 8.87. The van der Waals surface area contributed by atoms with Crippen LogP contribution in [0.3, 0.4) is 0 Å². The number of hydrogen-bond donors (Lipinski definition) is 5. The normalized spacial score (nSPS) is 29.0. The summed E-state index contributed by atoms with van der Waals surface area (Å²) in [5.74, 6) is -1.83. The largest absolute Gasteiger partial charge is 0.508 e. The predicted octanol–water partition coefficient (Wildman–Crippen LogP) is 0.164. The van der Waals surface area contributed by atoms with Crippen molar-refractivity contribution in [2.75, 3.05) is 7.11 Å². The van der Waals surface area contributed by atoms with Gasteiger partial charge in [0.15, 0.2) is 11.9 Å². The van der Waals surface area contributed by atoms with Gasteiger partial charge in [0.2, 0.25) is 6.29 Å². The van der Waals surface area contributed by atoms with Crippen LogP contribution in [0, 0.1) is 0 Å². The number of carbonyl (C=O) groups excluding carboxylic acids is 2. The second-order valence-electron chi connectivity index (χ2n) is 7.68. The number of fused-ring (bicyclic) bond motifs is 1. The molecule has 0 saturated carbocycles. The molecule has 2 aromatic carbocycles. The van der Waals surface area contributed by atoms with Crippen LogP contribution < -0.4 is 9.47 Å². The molecule has 2 aliphatic heterocycles. The standard InChI is InChI=1S/C22H22O11/c1-30-21(29)20-18(27)17(26)19(28)22(33-20)31-11-6-12(24)16-13(25)8-14(32-15(16)7-11)9-2-4-10(23)5-3-9/h2-7,14,17-20,22-24,26-28H,8H2,1H3/t14-,17-,18-,19+,20-,22+/m0/s1. The molecule has 5 N–H and O–H groups in total. The van der Waals surface area contributed by atoms with Gasteiger partial charge in [-0.1, -0.05) is 12.1 Å². The van der Waals surface area contributed by atoms with Crippen LogP contribution in [0.5, 0.6) is 23.0 Å². The summed E-state index contributed by atoms with van der Waals surface area (Å²) in [6.45, 7) is 0. The Labute approximate surface area is 187 Å². The molecule has 0 bridgehead atoms. The molecule has 11 heteroatoms. The van der Waals surface area contributed by atoms with Gasteiger partial charge in [-0.05, 0) is 17.7 Å². The lowest BCUT2D eigenvalue weighted by Crippen LogP contribution is -2.61. The maximum Gasteiger partial charge on any atom is 0.337 e. The van der Waals surface area contributed by atoms with Crippen LogP contribution in [-0.4, -0.2) is 75.1 Å². The number of esters is 1. The highest BCUT2D eigenvalue weighted by Gasteiger charge is 2.48. The van der Waals surface area contributed by atoms with Gasteiger partial charge in [-0.25, -0.2) is 4.79 Å². The average molecular weight is 462 g/mol. The summed E-state index contributed by atoms with van der Waals surface area (Å²) in [6, 6.07) is 8.50. The zero-order valence-corrected chi connectivity index (χ0v) is 17.3. The molecule has 0 radical (unpaired) electrons. The molecule has 0 aromatic heterocycles. The third-order valence-corrected chi connectivity index (χ3v) is 5.49. The van der Waals surface area contributed by atoms with Gasteiger partial charge in [0.1, 0.15) is 53.0 Å². The van der Waals surface area contributed by atoms with Crippen molar-refractivity contribution in [1.82, 2.24) is 0 Å². The Morgan fingerprint density at radius 2 is 1.73 bits per heavy atom. The Hall–Kier alpha value is -3.38. The van der Waals surface area contributed by atoms with E-state index < -0.39 is 48.5 Å². The van der Waals surface area contributed by atoms with Crippen molar-refractivity contribution in [2.24, 2.45) is 0 Å². The summed E-state index contributed by atoms with van der Waals surface area (Å²) >= 11 is 0. The van der Waals surface area contributed by atoms with E-state index in [1.54, 1.807) is 12.1 Å². The topological polar surface area (TPSA) is 172 Å². The van der Waals surface area contributed by atoms with Gasteiger partial charge in [-0.15, -0.1) is 0 Å². The summed E-state index contributed by atoms with van der Waals surface area (Å²) < 4.78 is 21.2. The van der Waals surface area contributed by atoms with E-state index in [1.807, 2.05) is 0 Å². The number of methoxy groups -OCH3 is 1. The van der Waals surface area contributed by atoms with Crippen LogP contribution in [0.4, 0.5) is 0 Å². The monoisotopic (exact) mass is 462 g/mol. The molecule has 2 aromatic rings. The van der Waals surface area contributed by atoms with Crippen LogP contribution in [0.1, 0.15) is 28.4 Å². The highest BCUT2D eigenvalue weighted by atomic mass is 16.7. The van der Waals surface area contributed by atoms with Gasteiger partial charge >= 0.3 is 5.97 Å². The lowest BCUT2D eigenvalue weighted by molar-refractivity contribution is -0.271. The number of rotatable bonds is 4. The molecule has 0 amide bonds. The summed E-state index contributed by atoms with van der Waals surface area (Å²) in [7, 11) is 1.06. The summed E-state index contributed by atoms with van der Waals surface area (Å²) in [5, 5.41) is 50.1. The third-order valence-electron chi connectivity index (χ3n) is 5.49. The zero-order valence-electron chi connectivity index (χ0n) is 17.3. The van der Waals surface area contributed by atoms with Gasteiger partial charge in [-0.2, -0.15) is 0 Å². The van der Waals surface area contributed by atoms with Crippen molar-refractivity contribution >= 4 is 11.8 Å². The molecule has 1 saturated heterocycles. The van der Waals surface area contributed by atoms with Crippen molar-refractivity contribution in [1.29, 1.82) is 0 Å². The number of hydrogen-bond acceptors (Lipinski definition) is 11. The maximum absolute atomic E-state index is 12.6. The van der Waals surface area contributed by atoms with Crippen molar-refractivity contribution in [3.8, 4) is 23.0 Å². The maximum atomic E-state index is 12.6. The quantitative estimate of drug-likeness (QED) is 0.392. The van der Waals surface area contributed by atoms with Gasteiger partial charge in [0.25, 0.3) is 0 Å². The molecule has 33 heavy (non-hydrogen) atoms. The van der Waals surface area contributed by atoms with E-state index in [0.717, 1.165) is 13.2 Å². The minimum Gasteiger partial charge on any atom is -0.508 e. The van der Waals surface area contributed by atoms with Gasteiger partial charge in [0, 0.05) is 12.1 Å². The molecule has 0 spiro atoms. The lowest BCUT2D eigenvalue weighted by Gasteiger charge is -2.39. The molecule has 11 nitrogen and oxygen atoms in total. The van der Waals surface area contributed by atoms with E-state index >= 15 is 0 Å². The summed E-state index contributed by atoms with van der Waals surface area (Å²) in [5.41, 5.74) is 0.576. The van der Waals surface area contributed by atoms with Crippen molar-refractivity contribution in [3.63, 3.8) is 0 Å². The molecular weight excluding hydrogens is 440 g/mol. The van der Waals surface area contributed by atoms with Crippen LogP contribution in [0.15, 0.2) is 36.4 Å². The van der Waals surface area contributed by atoms with Gasteiger partial charge in [-0.3, -0.25) is 4.79 Å². The number of ether oxygens (including phenoxy) is 4. The fourth-order valence-corrected chi connectivity index (χ4v) is 3.75. The highest BCUT2D eigenvalue weighted by molar-refractivity contribution is 6.02. The minimum absolute atomic E-state index is 0.00900. The number of benzene rings is 2. The van der Waals surface area contributed by atoms with Crippen molar-refractivity contribution in [3.05, 3.63) is 47.5 Å². The Morgan fingerprint density at radius 3 is 2.39 bits per heavy atom. The fourth-order valence-electron chi connectivity index (χ4n) is 3.75. The van der Waals surface area contributed by atoms with Gasteiger partial charge in [0.05, 0.1) is 13.5 Å². The number of ketones is 1. The van der Waals surface area contributed by atoms with Crippen LogP contribution in [-0.2, 0) is 14.3 Å². The Morgan fingerprint density at radius 1 is 1.03 bits per heavy atom. The Bertz CT molecular complexity index is 1050. The van der Waals surface area contributed by atoms with Crippen LogP contribution >= 0.6 is 0 Å². The first kappa shape index (κ1) is 22.8.